The second-order valence-electron chi connectivity index (χ2n) is 6.10. The third-order valence-corrected chi connectivity index (χ3v) is 4.37. The molecule has 4 nitrogen and oxygen atoms in total. The molecule has 2 aromatic carbocycles. The third-order valence-electron chi connectivity index (χ3n) is 4.37. The number of nitrogens with one attached hydrogen (secondary N) is 1. The Kier molecular flexibility index (Phi) is 7.29. The quantitative estimate of drug-likeness (QED) is 0.888. The standard InChI is InChI=1S/C20H24N2O2.ClH/c1-16-15-21-12-13-22(16)20(23)11-14-24-19-10-6-5-9-18(19)17-7-3-2-4-8-17;/h2-10,16,21H,11-15H2,1H3;1H/t16-;/m0./s1. The number of ether oxygens (including phenoxy) is 1. The first-order valence-corrected chi connectivity index (χ1v) is 8.53. The van der Waals surface area contributed by atoms with Gasteiger partial charge in [-0.25, -0.2) is 0 Å². The topological polar surface area (TPSA) is 41.6 Å². The fourth-order valence-electron chi connectivity index (χ4n) is 3.05. The normalized spacial score (nSPS) is 16.8. The van der Waals surface area contributed by atoms with Crippen LogP contribution >= 0.6 is 12.4 Å². The number of para-hydroxylation sites is 1. The van der Waals surface area contributed by atoms with Crippen LogP contribution in [-0.4, -0.2) is 43.1 Å². The van der Waals surface area contributed by atoms with Gasteiger partial charge in [-0.15, -0.1) is 12.4 Å². The Morgan fingerprint density at radius 3 is 2.64 bits per heavy atom. The third kappa shape index (κ3) is 4.97. The largest absolute Gasteiger partial charge is 0.492 e. The number of carbonyl (C=O) groups is 1. The molecule has 1 N–H and O–H groups in total. The Morgan fingerprint density at radius 1 is 1.16 bits per heavy atom. The summed E-state index contributed by atoms with van der Waals surface area (Å²) in [5, 5.41) is 3.30. The lowest BCUT2D eigenvalue weighted by molar-refractivity contribution is -0.134. The fraction of sp³-hybridized carbons (Fsp3) is 0.350. The Labute approximate surface area is 155 Å². The SMILES string of the molecule is C[C@H]1CNCCN1C(=O)CCOc1ccccc1-c1ccccc1.Cl. The van der Waals surface area contributed by atoms with Gasteiger partial charge in [0.15, 0.2) is 0 Å². The van der Waals surface area contributed by atoms with Gasteiger partial charge in [-0.3, -0.25) is 4.79 Å². The molecule has 1 aliphatic heterocycles. The molecule has 0 aliphatic carbocycles. The minimum Gasteiger partial charge on any atom is -0.492 e. The van der Waals surface area contributed by atoms with Crippen LogP contribution in [0.2, 0.25) is 0 Å². The molecule has 1 atom stereocenters. The monoisotopic (exact) mass is 360 g/mol. The number of carbonyl (C=O) groups excluding carboxylic acids is 1. The molecular formula is C20H25ClN2O2. The molecule has 1 aliphatic rings. The van der Waals surface area contributed by atoms with E-state index in [4.69, 9.17) is 4.74 Å². The van der Waals surface area contributed by atoms with Crippen molar-refractivity contribution in [3.05, 3.63) is 54.6 Å². The van der Waals surface area contributed by atoms with Crippen molar-refractivity contribution in [1.29, 1.82) is 0 Å². The molecule has 1 saturated heterocycles. The van der Waals surface area contributed by atoms with Crippen LogP contribution in [0.15, 0.2) is 54.6 Å². The van der Waals surface area contributed by atoms with Crippen molar-refractivity contribution in [1.82, 2.24) is 10.2 Å². The van der Waals surface area contributed by atoms with Crippen LogP contribution in [0.1, 0.15) is 13.3 Å². The molecule has 1 heterocycles. The van der Waals surface area contributed by atoms with Crippen molar-refractivity contribution in [2.24, 2.45) is 0 Å². The van der Waals surface area contributed by atoms with E-state index in [2.05, 4.69) is 24.4 Å². The van der Waals surface area contributed by atoms with Gasteiger partial charge < -0.3 is 15.0 Å². The van der Waals surface area contributed by atoms with Crippen LogP contribution in [0.4, 0.5) is 0 Å². The van der Waals surface area contributed by atoms with E-state index in [1.807, 2.05) is 47.4 Å². The summed E-state index contributed by atoms with van der Waals surface area (Å²) >= 11 is 0. The highest BCUT2D eigenvalue weighted by Crippen LogP contribution is 2.29. The van der Waals surface area contributed by atoms with E-state index >= 15 is 0 Å². The van der Waals surface area contributed by atoms with Crippen LogP contribution in [-0.2, 0) is 4.79 Å². The second kappa shape index (κ2) is 9.44. The summed E-state index contributed by atoms with van der Waals surface area (Å²) in [6.45, 7) is 4.99. The van der Waals surface area contributed by atoms with Gasteiger partial charge >= 0.3 is 0 Å². The van der Waals surface area contributed by atoms with Crippen LogP contribution in [0.5, 0.6) is 5.75 Å². The number of benzene rings is 2. The molecule has 0 bridgehead atoms. The molecule has 25 heavy (non-hydrogen) atoms. The minimum atomic E-state index is 0. The molecule has 134 valence electrons. The van der Waals surface area contributed by atoms with Crippen LogP contribution in [0.3, 0.4) is 0 Å². The van der Waals surface area contributed by atoms with E-state index in [-0.39, 0.29) is 24.4 Å². The maximum Gasteiger partial charge on any atom is 0.226 e. The van der Waals surface area contributed by atoms with E-state index in [1.54, 1.807) is 0 Å². The lowest BCUT2D eigenvalue weighted by Gasteiger charge is -2.34. The Hall–Kier alpha value is -2.04. The van der Waals surface area contributed by atoms with Crippen LogP contribution in [0, 0.1) is 0 Å². The number of rotatable bonds is 5. The highest BCUT2D eigenvalue weighted by atomic mass is 35.5. The fourth-order valence-corrected chi connectivity index (χ4v) is 3.05. The zero-order valence-corrected chi connectivity index (χ0v) is 15.3. The lowest BCUT2D eigenvalue weighted by atomic mass is 10.1. The molecule has 1 amide bonds. The predicted molar refractivity (Wildman–Crippen MR) is 103 cm³/mol. The van der Waals surface area contributed by atoms with Crippen LogP contribution in [0.25, 0.3) is 11.1 Å². The highest BCUT2D eigenvalue weighted by molar-refractivity contribution is 5.85. The van der Waals surface area contributed by atoms with Crippen molar-refractivity contribution < 1.29 is 9.53 Å². The molecule has 0 spiro atoms. The average molecular weight is 361 g/mol. The highest BCUT2D eigenvalue weighted by Gasteiger charge is 2.22. The van der Waals surface area contributed by atoms with Crippen LogP contribution < -0.4 is 10.1 Å². The first-order valence-electron chi connectivity index (χ1n) is 8.53. The van der Waals surface area contributed by atoms with Crippen molar-refractivity contribution in [3.8, 4) is 16.9 Å². The molecule has 5 heteroatoms. The van der Waals surface area contributed by atoms with Gasteiger partial charge in [0.05, 0.1) is 13.0 Å². The van der Waals surface area contributed by atoms with Gasteiger partial charge in [0.1, 0.15) is 5.75 Å². The van der Waals surface area contributed by atoms with Crippen molar-refractivity contribution in [3.63, 3.8) is 0 Å². The van der Waals surface area contributed by atoms with Gasteiger partial charge in [-0.05, 0) is 18.6 Å². The zero-order valence-electron chi connectivity index (χ0n) is 14.5. The average Bonchev–Trinajstić information content (AvgIpc) is 2.63. The summed E-state index contributed by atoms with van der Waals surface area (Å²) in [5.74, 6) is 0.992. The number of hydrogen-bond donors (Lipinski definition) is 1. The van der Waals surface area contributed by atoms with E-state index in [0.29, 0.717) is 13.0 Å². The van der Waals surface area contributed by atoms with E-state index in [0.717, 1.165) is 36.5 Å². The van der Waals surface area contributed by atoms with Crippen molar-refractivity contribution in [2.75, 3.05) is 26.2 Å². The summed E-state index contributed by atoms with van der Waals surface area (Å²) in [7, 11) is 0. The molecule has 2 aromatic rings. The van der Waals surface area contributed by atoms with E-state index in [9.17, 15) is 4.79 Å². The van der Waals surface area contributed by atoms with Gasteiger partial charge in [-0.2, -0.15) is 0 Å². The van der Waals surface area contributed by atoms with Gasteiger partial charge in [0, 0.05) is 31.2 Å². The molecule has 0 saturated carbocycles. The predicted octanol–water partition coefficient (Wildman–Crippen LogP) is 3.36. The summed E-state index contributed by atoms with van der Waals surface area (Å²) in [6, 6.07) is 18.4. The lowest BCUT2D eigenvalue weighted by Crippen LogP contribution is -2.52. The summed E-state index contributed by atoms with van der Waals surface area (Å²) in [4.78, 5) is 14.3. The molecule has 3 rings (SSSR count). The van der Waals surface area contributed by atoms with Gasteiger partial charge in [-0.1, -0.05) is 48.5 Å². The van der Waals surface area contributed by atoms with Gasteiger partial charge in [0.25, 0.3) is 0 Å². The number of nitrogens with zero attached hydrogens (tertiary/aromatic N) is 1. The molecule has 0 aromatic heterocycles. The van der Waals surface area contributed by atoms with Gasteiger partial charge in [0.2, 0.25) is 5.91 Å². The van der Waals surface area contributed by atoms with Crippen molar-refractivity contribution in [2.45, 2.75) is 19.4 Å². The molecule has 0 radical (unpaired) electrons. The number of hydrogen-bond acceptors (Lipinski definition) is 3. The maximum absolute atomic E-state index is 12.4. The number of halogens is 1. The zero-order chi connectivity index (χ0) is 16.8. The number of amides is 1. The molecular weight excluding hydrogens is 336 g/mol. The second-order valence-corrected chi connectivity index (χ2v) is 6.10. The number of piperazine rings is 1. The Bertz CT molecular complexity index is 678. The smallest absolute Gasteiger partial charge is 0.226 e. The first-order chi connectivity index (χ1) is 11.8. The Balaban J connectivity index is 0.00000225. The minimum absolute atomic E-state index is 0. The Morgan fingerprint density at radius 2 is 1.88 bits per heavy atom. The van der Waals surface area contributed by atoms with Crippen molar-refractivity contribution >= 4 is 18.3 Å². The summed E-state index contributed by atoms with van der Waals surface area (Å²) in [6.07, 6.45) is 0.410. The summed E-state index contributed by atoms with van der Waals surface area (Å²) in [5.41, 5.74) is 2.18. The molecule has 1 fully saturated rings. The summed E-state index contributed by atoms with van der Waals surface area (Å²) < 4.78 is 5.93. The maximum atomic E-state index is 12.4. The molecule has 0 unspecified atom stereocenters. The van der Waals surface area contributed by atoms with E-state index in [1.165, 1.54) is 0 Å². The first kappa shape index (κ1) is 19.3. The van der Waals surface area contributed by atoms with E-state index < -0.39 is 0 Å².